The summed E-state index contributed by atoms with van der Waals surface area (Å²) >= 11 is 1.79. The third-order valence-corrected chi connectivity index (χ3v) is 4.31. The normalized spacial score (nSPS) is 12.7. The zero-order valence-corrected chi connectivity index (χ0v) is 13.6. The van der Waals surface area contributed by atoms with E-state index >= 15 is 0 Å². The van der Waals surface area contributed by atoms with E-state index in [2.05, 4.69) is 37.9 Å². The van der Waals surface area contributed by atoms with Gasteiger partial charge in [0.1, 0.15) is 0 Å². The summed E-state index contributed by atoms with van der Waals surface area (Å²) in [6, 6.07) is 0.358. The first-order valence-corrected chi connectivity index (χ1v) is 7.88. The van der Waals surface area contributed by atoms with Gasteiger partial charge in [-0.15, -0.1) is 11.3 Å². The molecule has 0 bridgehead atoms. The average molecular weight is 285 g/mol. The maximum atomic E-state index is 5.25. The van der Waals surface area contributed by atoms with Crippen molar-refractivity contribution in [1.82, 2.24) is 10.3 Å². The lowest BCUT2D eigenvalue weighted by molar-refractivity contribution is 0.182. The third kappa shape index (κ3) is 4.75. The number of aryl methyl sites for hydroxylation is 1. The van der Waals surface area contributed by atoms with Crippen LogP contribution in [-0.2, 0) is 11.3 Å². The molecule has 0 amide bonds. The van der Waals surface area contributed by atoms with Crippen LogP contribution in [0.3, 0.4) is 0 Å². The Kier molecular flexibility index (Phi) is 7.34. The Balaban J connectivity index is 2.73. The van der Waals surface area contributed by atoms with Crippen LogP contribution < -0.4 is 10.2 Å². The van der Waals surface area contributed by atoms with Gasteiger partial charge in [-0.3, -0.25) is 0 Å². The van der Waals surface area contributed by atoms with E-state index in [4.69, 9.17) is 9.72 Å². The molecule has 1 aromatic heterocycles. The van der Waals surface area contributed by atoms with Gasteiger partial charge in [0, 0.05) is 25.1 Å². The van der Waals surface area contributed by atoms with E-state index in [9.17, 15) is 0 Å². The Hall–Kier alpha value is -0.650. The van der Waals surface area contributed by atoms with Crippen LogP contribution in [0.4, 0.5) is 5.13 Å². The summed E-state index contributed by atoms with van der Waals surface area (Å²) in [5.41, 5.74) is 1.15. The molecule has 0 spiro atoms. The molecule has 4 nitrogen and oxygen atoms in total. The highest BCUT2D eigenvalue weighted by Crippen LogP contribution is 2.27. The molecule has 1 atom stereocenters. The Morgan fingerprint density at radius 3 is 2.74 bits per heavy atom. The van der Waals surface area contributed by atoms with Gasteiger partial charge in [-0.05, 0) is 33.7 Å². The van der Waals surface area contributed by atoms with E-state index in [1.54, 1.807) is 18.4 Å². The van der Waals surface area contributed by atoms with Gasteiger partial charge >= 0.3 is 0 Å². The molecule has 1 rings (SSSR count). The lowest BCUT2D eigenvalue weighted by Gasteiger charge is -2.26. The Morgan fingerprint density at radius 1 is 1.42 bits per heavy atom. The predicted octanol–water partition coefficient (Wildman–Crippen LogP) is 2.81. The van der Waals surface area contributed by atoms with E-state index in [1.807, 2.05) is 0 Å². The molecule has 0 aliphatic heterocycles. The molecule has 5 heteroatoms. The van der Waals surface area contributed by atoms with Crippen molar-refractivity contribution in [3.63, 3.8) is 0 Å². The van der Waals surface area contributed by atoms with E-state index < -0.39 is 0 Å². The van der Waals surface area contributed by atoms with Gasteiger partial charge < -0.3 is 15.0 Å². The van der Waals surface area contributed by atoms with E-state index in [1.165, 1.54) is 4.88 Å². The van der Waals surface area contributed by atoms with Gasteiger partial charge in [-0.1, -0.05) is 6.92 Å². The molecule has 19 heavy (non-hydrogen) atoms. The molecule has 0 fully saturated rings. The summed E-state index contributed by atoms with van der Waals surface area (Å²) < 4.78 is 5.25. The van der Waals surface area contributed by atoms with Crippen molar-refractivity contribution in [3.05, 3.63) is 10.6 Å². The van der Waals surface area contributed by atoms with Crippen LogP contribution in [0, 0.1) is 6.92 Å². The van der Waals surface area contributed by atoms with Gasteiger partial charge in [0.2, 0.25) is 0 Å². The molecule has 1 aromatic rings. The summed E-state index contributed by atoms with van der Waals surface area (Å²) in [5, 5.41) is 4.55. The van der Waals surface area contributed by atoms with Crippen molar-refractivity contribution < 1.29 is 4.74 Å². The maximum absolute atomic E-state index is 5.25. The predicted molar refractivity (Wildman–Crippen MR) is 83.2 cm³/mol. The molecule has 0 aromatic carbocycles. The molecule has 0 aliphatic carbocycles. The fourth-order valence-electron chi connectivity index (χ4n) is 2.04. The molecular weight excluding hydrogens is 258 g/mol. The van der Waals surface area contributed by atoms with Crippen LogP contribution in [0.1, 0.15) is 37.8 Å². The van der Waals surface area contributed by atoms with Crippen LogP contribution >= 0.6 is 11.3 Å². The number of rotatable bonds is 9. The molecule has 1 unspecified atom stereocenters. The number of methoxy groups -OCH3 is 1. The lowest BCUT2D eigenvalue weighted by Crippen LogP contribution is -2.36. The molecular formula is C14H27N3OS. The summed E-state index contributed by atoms with van der Waals surface area (Å²) in [5.74, 6) is 0. The second-order valence-corrected chi connectivity index (χ2v) is 5.83. The van der Waals surface area contributed by atoms with Crippen molar-refractivity contribution in [2.45, 2.75) is 46.7 Å². The van der Waals surface area contributed by atoms with Crippen LogP contribution in [0.2, 0.25) is 0 Å². The highest BCUT2D eigenvalue weighted by atomic mass is 32.1. The number of ether oxygens (including phenoxy) is 1. The number of likely N-dealkylation sites (N-methyl/N-ethyl adjacent to an activating group) is 1. The van der Waals surface area contributed by atoms with Crippen molar-refractivity contribution in [2.75, 3.05) is 31.7 Å². The van der Waals surface area contributed by atoms with Crippen molar-refractivity contribution in [2.24, 2.45) is 0 Å². The third-order valence-electron chi connectivity index (χ3n) is 3.12. The van der Waals surface area contributed by atoms with Gasteiger partial charge in [0.15, 0.2) is 5.13 Å². The minimum atomic E-state index is 0.358. The number of thiazole rings is 1. The number of aromatic nitrogens is 1. The summed E-state index contributed by atoms with van der Waals surface area (Å²) in [6.45, 7) is 12.3. The minimum Gasteiger partial charge on any atom is -0.383 e. The molecule has 0 radical (unpaired) electrons. The van der Waals surface area contributed by atoms with Crippen molar-refractivity contribution in [1.29, 1.82) is 0 Å². The molecule has 0 aliphatic rings. The number of hydrogen-bond acceptors (Lipinski definition) is 5. The van der Waals surface area contributed by atoms with Gasteiger partial charge in [-0.25, -0.2) is 4.98 Å². The Labute approximate surface area is 121 Å². The first-order valence-electron chi connectivity index (χ1n) is 7.06. The second kappa shape index (κ2) is 8.51. The fourth-order valence-corrected chi connectivity index (χ4v) is 3.24. The van der Waals surface area contributed by atoms with E-state index in [0.717, 1.165) is 43.5 Å². The molecule has 1 heterocycles. The van der Waals surface area contributed by atoms with E-state index in [0.29, 0.717) is 6.04 Å². The zero-order chi connectivity index (χ0) is 14.3. The van der Waals surface area contributed by atoms with Crippen LogP contribution in [0.25, 0.3) is 0 Å². The number of nitrogens with one attached hydrogen (secondary N) is 1. The first-order chi connectivity index (χ1) is 9.13. The Bertz CT molecular complexity index is 368. The molecule has 110 valence electrons. The van der Waals surface area contributed by atoms with Gasteiger partial charge in [0.25, 0.3) is 0 Å². The first kappa shape index (κ1) is 16.4. The monoisotopic (exact) mass is 285 g/mol. The van der Waals surface area contributed by atoms with Gasteiger partial charge in [0.05, 0.1) is 18.3 Å². The quantitative estimate of drug-likeness (QED) is 0.708. The lowest BCUT2D eigenvalue weighted by atomic mass is 10.3. The maximum Gasteiger partial charge on any atom is 0.186 e. The Morgan fingerprint density at radius 2 is 2.16 bits per heavy atom. The van der Waals surface area contributed by atoms with Crippen LogP contribution in [-0.4, -0.2) is 37.8 Å². The summed E-state index contributed by atoms with van der Waals surface area (Å²) in [7, 11) is 1.75. The van der Waals surface area contributed by atoms with Crippen molar-refractivity contribution >= 4 is 16.5 Å². The molecule has 0 saturated carbocycles. The topological polar surface area (TPSA) is 37.4 Å². The number of anilines is 1. The molecule has 1 N–H and O–H groups in total. The SMILES string of the molecule is CCCNCc1sc(N(CC)C(C)COC)nc1C. The fraction of sp³-hybridized carbons (Fsp3) is 0.786. The summed E-state index contributed by atoms with van der Waals surface area (Å²) in [6.07, 6.45) is 1.16. The number of hydrogen-bond donors (Lipinski definition) is 1. The zero-order valence-electron chi connectivity index (χ0n) is 12.8. The smallest absolute Gasteiger partial charge is 0.186 e. The van der Waals surface area contributed by atoms with E-state index in [-0.39, 0.29) is 0 Å². The largest absolute Gasteiger partial charge is 0.383 e. The highest BCUT2D eigenvalue weighted by molar-refractivity contribution is 7.15. The van der Waals surface area contributed by atoms with Gasteiger partial charge in [-0.2, -0.15) is 0 Å². The van der Waals surface area contributed by atoms with Crippen LogP contribution in [0.5, 0.6) is 0 Å². The summed E-state index contributed by atoms with van der Waals surface area (Å²) in [4.78, 5) is 8.36. The standard InChI is InChI=1S/C14H27N3OS/c1-6-8-15-9-13-12(4)16-14(19-13)17(7-2)11(3)10-18-5/h11,15H,6-10H2,1-5H3. The molecule has 0 saturated heterocycles. The van der Waals surface area contributed by atoms with Crippen LogP contribution in [0.15, 0.2) is 0 Å². The second-order valence-electron chi connectivity index (χ2n) is 4.77. The highest BCUT2D eigenvalue weighted by Gasteiger charge is 2.17. The minimum absolute atomic E-state index is 0.358. The average Bonchev–Trinajstić information content (AvgIpc) is 2.72. The van der Waals surface area contributed by atoms with Crippen molar-refractivity contribution in [3.8, 4) is 0 Å². The number of nitrogens with zero attached hydrogens (tertiary/aromatic N) is 2.